The first-order valence-corrected chi connectivity index (χ1v) is 8.80. The summed E-state index contributed by atoms with van der Waals surface area (Å²) in [6.07, 6.45) is 7.36. The quantitative estimate of drug-likeness (QED) is 0.487. The molecule has 0 unspecified atom stereocenters. The van der Waals surface area contributed by atoms with Crippen molar-refractivity contribution in [2.45, 2.75) is 0 Å². The van der Waals surface area contributed by atoms with Crippen LogP contribution in [0.2, 0.25) is 0 Å². The smallest absolute Gasteiger partial charge is 0.127 e. The maximum Gasteiger partial charge on any atom is 0.127 e. The number of nitrogen functional groups attached to an aromatic ring is 1. The normalized spacial score (nSPS) is 11.2. The molecule has 114 valence electrons. The number of aromatic nitrogens is 4. The number of aryl methyl sites for hydroxylation is 1. The third-order valence-electron chi connectivity index (χ3n) is 3.59. The summed E-state index contributed by atoms with van der Waals surface area (Å²) in [7, 11) is 1.96. The minimum Gasteiger partial charge on any atom is -0.397 e. The predicted molar refractivity (Wildman–Crippen MR) is 102 cm³/mol. The van der Waals surface area contributed by atoms with E-state index in [2.05, 4.69) is 32.6 Å². The molecule has 0 aliphatic heterocycles. The lowest BCUT2D eigenvalue weighted by Gasteiger charge is -2.06. The Morgan fingerprint density at radius 2 is 2.17 bits per heavy atom. The van der Waals surface area contributed by atoms with Gasteiger partial charge in [0.1, 0.15) is 4.83 Å². The molecule has 0 amide bonds. The number of fused-ring (bicyclic) bond motifs is 1. The van der Waals surface area contributed by atoms with Gasteiger partial charge in [0.2, 0.25) is 0 Å². The SMILES string of the molecule is Cn1cnc(-c2cc(-c3cccnc3)nc3sc(I)c(N)c23)c1. The van der Waals surface area contributed by atoms with Gasteiger partial charge in [-0.15, -0.1) is 11.3 Å². The first-order chi connectivity index (χ1) is 11.1. The van der Waals surface area contributed by atoms with E-state index in [1.807, 2.05) is 42.2 Å². The van der Waals surface area contributed by atoms with Crippen LogP contribution >= 0.6 is 33.9 Å². The van der Waals surface area contributed by atoms with E-state index in [4.69, 9.17) is 10.7 Å². The van der Waals surface area contributed by atoms with Crippen molar-refractivity contribution in [1.82, 2.24) is 19.5 Å². The Morgan fingerprint density at radius 3 is 2.87 bits per heavy atom. The van der Waals surface area contributed by atoms with Crippen molar-refractivity contribution in [3.8, 4) is 22.5 Å². The van der Waals surface area contributed by atoms with E-state index in [1.54, 1.807) is 23.9 Å². The minimum absolute atomic E-state index is 0.775. The Labute approximate surface area is 150 Å². The number of nitrogens with zero attached hydrogens (tertiary/aromatic N) is 4. The molecule has 0 atom stereocenters. The largest absolute Gasteiger partial charge is 0.397 e. The molecule has 4 rings (SSSR count). The predicted octanol–water partition coefficient (Wildman–Crippen LogP) is 3.95. The zero-order chi connectivity index (χ0) is 16.0. The topological polar surface area (TPSA) is 69.6 Å². The van der Waals surface area contributed by atoms with Crippen molar-refractivity contribution in [3.05, 3.63) is 46.0 Å². The molecule has 0 aliphatic rings. The van der Waals surface area contributed by atoms with Gasteiger partial charge in [0.05, 0.1) is 26.3 Å². The summed E-state index contributed by atoms with van der Waals surface area (Å²) in [5.74, 6) is 0. The van der Waals surface area contributed by atoms with Crippen LogP contribution in [0.4, 0.5) is 5.69 Å². The zero-order valence-electron chi connectivity index (χ0n) is 12.2. The van der Waals surface area contributed by atoms with E-state index in [-0.39, 0.29) is 0 Å². The van der Waals surface area contributed by atoms with E-state index in [0.717, 1.165) is 41.3 Å². The summed E-state index contributed by atoms with van der Waals surface area (Å²) in [6.45, 7) is 0. The van der Waals surface area contributed by atoms with Gasteiger partial charge in [-0.25, -0.2) is 9.97 Å². The number of nitrogens with two attached hydrogens (primary N) is 1. The standard InChI is InChI=1S/C16H12IN5S/c1-22-7-12(20-8-22)10-5-11(9-3-2-4-19-6-9)21-16-13(10)14(18)15(17)23-16/h2-8H,18H2,1H3. The van der Waals surface area contributed by atoms with Gasteiger partial charge in [0.25, 0.3) is 0 Å². The molecule has 0 radical (unpaired) electrons. The minimum atomic E-state index is 0.775. The first-order valence-electron chi connectivity index (χ1n) is 6.90. The fourth-order valence-electron chi connectivity index (χ4n) is 2.51. The third kappa shape index (κ3) is 2.49. The van der Waals surface area contributed by atoms with Gasteiger partial charge in [-0.05, 0) is 40.8 Å². The van der Waals surface area contributed by atoms with E-state index in [0.29, 0.717) is 0 Å². The Bertz CT molecular complexity index is 1010. The van der Waals surface area contributed by atoms with Crippen LogP contribution in [0.5, 0.6) is 0 Å². The van der Waals surface area contributed by atoms with Crippen molar-refractivity contribution in [2.75, 3.05) is 5.73 Å². The van der Waals surface area contributed by atoms with Gasteiger partial charge in [-0.3, -0.25) is 4.98 Å². The molecule has 23 heavy (non-hydrogen) atoms. The maximum atomic E-state index is 6.29. The van der Waals surface area contributed by atoms with E-state index >= 15 is 0 Å². The van der Waals surface area contributed by atoms with Crippen LogP contribution in [0.15, 0.2) is 43.1 Å². The lowest BCUT2D eigenvalue weighted by molar-refractivity contribution is 0.913. The lowest BCUT2D eigenvalue weighted by Crippen LogP contribution is -1.91. The molecule has 4 aromatic rings. The third-order valence-corrected chi connectivity index (χ3v) is 5.72. The fraction of sp³-hybridized carbons (Fsp3) is 0.0625. The molecular formula is C16H12IN5S. The summed E-state index contributed by atoms with van der Waals surface area (Å²) < 4.78 is 2.98. The molecule has 0 aromatic carbocycles. The fourth-order valence-corrected chi connectivity index (χ4v) is 4.25. The van der Waals surface area contributed by atoms with Crippen molar-refractivity contribution < 1.29 is 0 Å². The van der Waals surface area contributed by atoms with Crippen LogP contribution in [0.3, 0.4) is 0 Å². The number of hydrogen-bond acceptors (Lipinski definition) is 5. The molecule has 4 heterocycles. The Morgan fingerprint density at radius 1 is 1.30 bits per heavy atom. The van der Waals surface area contributed by atoms with Gasteiger partial charge >= 0.3 is 0 Å². The second-order valence-electron chi connectivity index (χ2n) is 5.19. The van der Waals surface area contributed by atoms with E-state index in [9.17, 15) is 0 Å². The average molecular weight is 433 g/mol. The second kappa shape index (κ2) is 5.57. The molecule has 0 spiro atoms. The van der Waals surface area contributed by atoms with Crippen molar-refractivity contribution >= 4 is 49.8 Å². The molecule has 0 saturated heterocycles. The molecule has 0 aliphatic carbocycles. The number of halogens is 1. The molecule has 0 fully saturated rings. The molecule has 7 heteroatoms. The Balaban J connectivity index is 2.05. The van der Waals surface area contributed by atoms with Crippen LogP contribution in [-0.4, -0.2) is 19.5 Å². The molecule has 2 N–H and O–H groups in total. The number of pyridine rings is 2. The van der Waals surface area contributed by atoms with Gasteiger partial charge in [-0.2, -0.15) is 0 Å². The number of hydrogen-bond donors (Lipinski definition) is 1. The Kier molecular flexibility index (Phi) is 3.53. The van der Waals surface area contributed by atoms with Crippen LogP contribution in [0, 0.1) is 2.88 Å². The van der Waals surface area contributed by atoms with Crippen LogP contribution in [0.1, 0.15) is 0 Å². The highest BCUT2D eigenvalue weighted by molar-refractivity contribution is 14.1. The number of thiophene rings is 1. The van der Waals surface area contributed by atoms with Crippen LogP contribution < -0.4 is 5.73 Å². The summed E-state index contributed by atoms with van der Waals surface area (Å²) >= 11 is 3.86. The average Bonchev–Trinajstić information content (AvgIpc) is 3.12. The van der Waals surface area contributed by atoms with Gasteiger partial charge in [-0.1, -0.05) is 0 Å². The van der Waals surface area contributed by atoms with Gasteiger partial charge < -0.3 is 10.3 Å². The molecular weight excluding hydrogens is 421 g/mol. The first kappa shape index (κ1) is 14.6. The monoisotopic (exact) mass is 433 g/mol. The van der Waals surface area contributed by atoms with Gasteiger partial charge in [0, 0.05) is 42.2 Å². The molecule has 0 bridgehead atoms. The molecule has 5 nitrogen and oxygen atoms in total. The highest BCUT2D eigenvalue weighted by atomic mass is 127. The highest BCUT2D eigenvalue weighted by Crippen LogP contribution is 2.41. The highest BCUT2D eigenvalue weighted by Gasteiger charge is 2.17. The molecule has 0 saturated carbocycles. The Hall–Kier alpha value is -2.00. The maximum absolute atomic E-state index is 6.29. The zero-order valence-corrected chi connectivity index (χ0v) is 15.2. The lowest BCUT2D eigenvalue weighted by atomic mass is 10.1. The van der Waals surface area contributed by atoms with Gasteiger partial charge in [0.15, 0.2) is 0 Å². The summed E-state index contributed by atoms with van der Waals surface area (Å²) in [5.41, 5.74) is 10.8. The van der Waals surface area contributed by atoms with E-state index < -0.39 is 0 Å². The van der Waals surface area contributed by atoms with Crippen molar-refractivity contribution in [2.24, 2.45) is 7.05 Å². The van der Waals surface area contributed by atoms with Crippen molar-refractivity contribution in [1.29, 1.82) is 0 Å². The summed E-state index contributed by atoms with van der Waals surface area (Å²) in [6, 6.07) is 5.96. The number of imidazole rings is 1. The summed E-state index contributed by atoms with van der Waals surface area (Å²) in [5, 5.41) is 0.978. The van der Waals surface area contributed by atoms with Crippen LogP contribution in [-0.2, 0) is 7.05 Å². The van der Waals surface area contributed by atoms with Crippen molar-refractivity contribution in [3.63, 3.8) is 0 Å². The number of rotatable bonds is 2. The summed E-state index contributed by atoms with van der Waals surface area (Å²) in [4.78, 5) is 14.4. The van der Waals surface area contributed by atoms with E-state index in [1.165, 1.54) is 0 Å². The second-order valence-corrected chi connectivity index (χ2v) is 8.00. The number of anilines is 1. The van der Waals surface area contributed by atoms with Crippen LogP contribution in [0.25, 0.3) is 32.7 Å². The molecule has 4 aromatic heterocycles.